The van der Waals surface area contributed by atoms with E-state index >= 15 is 0 Å². The summed E-state index contributed by atoms with van der Waals surface area (Å²) < 4.78 is 28.8. The number of rotatable bonds is 3. The van der Waals surface area contributed by atoms with Crippen molar-refractivity contribution in [1.82, 2.24) is 0 Å². The predicted molar refractivity (Wildman–Crippen MR) is 55.2 cm³/mol. The fourth-order valence-corrected chi connectivity index (χ4v) is 2.81. The van der Waals surface area contributed by atoms with Gasteiger partial charge < -0.3 is 10.5 Å². The first kappa shape index (κ1) is 12.7. The van der Waals surface area contributed by atoms with Gasteiger partial charge in [-0.1, -0.05) is 22.4 Å². The fourth-order valence-electron chi connectivity index (χ4n) is 1.96. The van der Waals surface area contributed by atoms with E-state index in [0.717, 1.165) is 12.8 Å². The van der Waals surface area contributed by atoms with Gasteiger partial charge in [0.15, 0.2) is 0 Å². The average molecular weight is 286 g/mol. The van der Waals surface area contributed by atoms with E-state index in [-0.39, 0.29) is 6.42 Å². The molecule has 1 saturated carbocycles. The molecular weight excluding hydrogens is 272 g/mol. The van der Waals surface area contributed by atoms with Crippen molar-refractivity contribution in [3.8, 4) is 0 Å². The van der Waals surface area contributed by atoms with E-state index in [1.165, 1.54) is 0 Å². The molecule has 0 aromatic rings. The minimum absolute atomic E-state index is 0.315. The minimum atomic E-state index is -2.42. The Morgan fingerprint density at radius 1 is 1.60 bits per heavy atom. The first-order valence-corrected chi connectivity index (χ1v) is 5.66. The van der Waals surface area contributed by atoms with Gasteiger partial charge in [-0.2, -0.15) is 0 Å². The van der Waals surface area contributed by atoms with Crippen LogP contribution >= 0.6 is 15.9 Å². The summed E-state index contributed by atoms with van der Waals surface area (Å²) >= 11 is 3.28. The third-order valence-corrected chi connectivity index (χ3v) is 3.87. The normalized spacial score (nSPS) is 31.6. The molecule has 88 valence electrons. The molecule has 0 aromatic heterocycles. The van der Waals surface area contributed by atoms with Crippen molar-refractivity contribution in [2.75, 3.05) is 0 Å². The molecule has 0 heterocycles. The fraction of sp³-hybridized carbons (Fsp3) is 0.889. The van der Waals surface area contributed by atoms with Crippen LogP contribution in [0.2, 0.25) is 0 Å². The Kier molecular flexibility index (Phi) is 4.31. The van der Waals surface area contributed by atoms with Crippen LogP contribution in [0.1, 0.15) is 32.1 Å². The van der Waals surface area contributed by atoms with Gasteiger partial charge in [-0.25, -0.2) is 13.6 Å². The molecule has 2 atom stereocenters. The van der Waals surface area contributed by atoms with E-state index in [1.807, 2.05) is 0 Å². The van der Waals surface area contributed by atoms with Gasteiger partial charge in [-0.15, -0.1) is 0 Å². The van der Waals surface area contributed by atoms with Gasteiger partial charge in [0.25, 0.3) is 0 Å². The Morgan fingerprint density at radius 2 is 2.27 bits per heavy atom. The summed E-state index contributed by atoms with van der Waals surface area (Å²) in [6, 6.07) is 0. The number of hydrogen-bond donors (Lipinski definition) is 1. The number of carbonyl (C=O) groups excluding carboxylic acids is 1. The summed E-state index contributed by atoms with van der Waals surface area (Å²) in [5.41, 5.74) is 4.91. The highest BCUT2D eigenvalue weighted by molar-refractivity contribution is 9.10. The lowest BCUT2D eigenvalue weighted by molar-refractivity contribution is 0.0297. The van der Waals surface area contributed by atoms with Gasteiger partial charge in [-0.05, 0) is 19.3 Å². The summed E-state index contributed by atoms with van der Waals surface area (Å²) in [5, 5.41) is 0. The molecule has 6 heteroatoms. The summed E-state index contributed by atoms with van der Waals surface area (Å²) in [6.07, 6.45) is -1.29. The molecule has 0 radical (unpaired) electrons. The van der Waals surface area contributed by atoms with E-state index in [9.17, 15) is 13.6 Å². The predicted octanol–water partition coefficient (Wildman–Crippen LogP) is 2.81. The highest BCUT2D eigenvalue weighted by Crippen LogP contribution is 2.42. The van der Waals surface area contributed by atoms with Crippen molar-refractivity contribution in [3.63, 3.8) is 0 Å². The first-order chi connectivity index (χ1) is 6.94. The van der Waals surface area contributed by atoms with Crippen molar-refractivity contribution in [3.05, 3.63) is 0 Å². The zero-order valence-corrected chi connectivity index (χ0v) is 9.80. The third kappa shape index (κ3) is 3.59. The molecule has 15 heavy (non-hydrogen) atoms. The molecule has 2 unspecified atom stereocenters. The Bertz CT molecular complexity index is 240. The van der Waals surface area contributed by atoms with Crippen molar-refractivity contribution >= 4 is 22.0 Å². The van der Waals surface area contributed by atoms with Gasteiger partial charge >= 0.3 is 6.09 Å². The molecule has 0 aliphatic heterocycles. The summed E-state index contributed by atoms with van der Waals surface area (Å²) in [7, 11) is 0. The number of ether oxygens (including phenoxy) is 1. The number of alkyl halides is 3. The molecule has 1 amide bonds. The zero-order chi connectivity index (χ0) is 11.5. The molecule has 1 rings (SSSR count). The summed E-state index contributed by atoms with van der Waals surface area (Å²) in [6.45, 7) is 0. The van der Waals surface area contributed by atoms with Gasteiger partial charge in [0, 0.05) is 6.42 Å². The summed E-state index contributed by atoms with van der Waals surface area (Å²) in [4.78, 5) is 10.6. The molecule has 0 spiro atoms. The van der Waals surface area contributed by atoms with E-state index in [0.29, 0.717) is 12.8 Å². The zero-order valence-electron chi connectivity index (χ0n) is 8.22. The molecule has 1 fully saturated rings. The van der Waals surface area contributed by atoms with E-state index in [1.54, 1.807) is 0 Å². The van der Waals surface area contributed by atoms with Gasteiger partial charge in [0.1, 0.15) is 6.10 Å². The topological polar surface area (TPSA) is 52.3 Å². The molecule has 1 aliphatic rings. The molecule has 0 bridgehead atoms. The van der Waals surface area contributed by atoms with E-state index in [2.05, 4.69) is 15.9 Å². The Morgan fingerprint density at radius 3 is 2.80 bits per heavy atom. The highest BCUT2D eigenvalue weighted by Gasteiger charge is 2.42. The molecule has 1 aliphatic carbocycles. The number of hydrogen-bond acceptors (Lipinski definition) is 2. The number of halogens is 3. The van der Waals surface area contributed by atoms with Crippen molar-refractivity contribution < 1.29 is 18.3 Å². The Hall–Kier alpha value is -0.390. The molecule has 2 N–H and O–H groups in total. The van der Waals surface area contributed by atoms with E-state index < -0.39 is 22.9 Å². The van der Waals surface area contributed by atoms with E-state index in [4.69, 9.17) is 10.5 Å². The van der Waals surface area contributed by atoms with Crippen molar-refractivity contribution in [2.24, 2.45) is 5.73 Å². The van der Waals surface area contributed by atoms with Crippen LogP contribution in [0.4, 0.5) is 13.6 Å². The Labute approximate surface area is 95.5 Å². The minimum Gasteiger partial charge on any atom is -0.445 e. The second kappa shape index (κ2) is 5.09. The molecule has 3 nitrogen and oxygen atoms in total. The second-order valence-corrected chi connectivity index (χ2v) is 5.38. The maximum atomic E-state index is 12.4. The average Bonchev–Trinajstić information content (AvgIpc) is 2.07. The number of nitrogens with two attached hydrogens (primary N) is 1. The smallest absolute Gasteiger partial charge is 0.404 e. The van der Waals surface area contributed by atoms with Gasteiger partial charge in [-0.3, -0.25) is 0 Å². The lowest BCUT2D eigenvalue weighted by Gasteiger charge is -2.38. The van der Waals surface area contributed by atoms with Crippen molar-refractivity contribution in [2.45, 2.75) is 49.0 Å². The maximum Gasteiger partial charge on any atom is 0.404 e. The van der Waals surface area contributed by atoms with Crippen LogP contribution < -0.4 is 5.73 Å². The van der Waals surface area contributed by atoms with Crippen LogP contribution in [-0.2, 0) is 4.74 Å². The van der Waals surface area contributed by atoms with Gasteiger partial charge in [0.05, 0.1) is 4.32 Å². The van der Waals surface area contributed by atoms with Crippen LogP contribution in [0.25, 0.3) is 0 Å². The van der Waals surface area contributed by atoms with Gasteiger partial charge in [0.2, 0.25) is 6.43 Å². The maximum absolute atomic E-state index is 12.4. The molecule has 0 aromatic carbocycles. The molecule has 0 saturated heterocycles. The second-order valence-electron chi connectivity index (χ2n) is 3.80. The van der Waals surface area contributed by atoms with Crippen LogP contribution in [0.15, 0.2) is 0 Å². The lowest BCUT2D eigenvalue weighted by atomic mass is 9.84. The molecular formula is C9H14BrF2NO2. The van der Waals surface area contributed by atoms with Crippen LogP contribution in [-0.4, -0.2) is 22.9 Å². The number of primary amides is 1. The summed E-state index contributed by atoms with van der Waals surface area (Å²) in [5.74, 6) is 0. The monoisotopic (exact) mass is 285 g/mol. The van der Waals surface area contributed by atoms with Crippen LogP contribution in [0.3, 0.4) is 0 Å². The highest BCUT2D eigenvalue weighted by atomic mass is 79.9. The standard InChI is InChI=1S/C9H14BrF2NO2/c10-9(5-7(11)12)4-2-1-3-6(9)15-8(13)14/h6-7H,1-5H2,(H2,13,14). The number of carbonyl (C=O) groups is 1. The first-order valence-electron chi connectivity index (χ1n) is 4.87. The largest absolute Gasteiger partial charge is 0.445 e. The Balaban J connectivity index is 2.66. The van der Waals surface area contributed by atoms with Crippen molar-refractivity contribution in [1.29, 1.82) is 0 Å². The third-order valence-electron chi connectivity index (χ3n) is 2.64. The lowest BCUT2D eigenvalue weighted by Crippen LogP contribution is -2.44. The van der Waals surface area contributed by atoms with Crippen LogP contribution in [0, 0.1) is 0 Å². The quantitative estimate of drug-likeness (QED) is 0.811. The van der Waals surface area contributed by atoms with Crippen LogP contribution in [0.5, 0.6) is 0 Å². The SMILES string of the molecule is NC(=O)OC1CCCCC1(Br)CC(F)F. The number of amides is 1.